The lowest BCUT2D eigenvalue weighted by Gasteiger charge is -2.37. The monoisotopic (exact) mass is 496 g/mol. The molecule has 11 nitrogen and oxygen atoms in total. The van der Waals surface area contributed by atoms with Crippen molar-refractivity contribution in [3.63, 3.8) is 0 Å². The lowest BCUT2D eigenvalue weighted by Crippen LogP contribution is -2.37. The Morgan fingerprint density at radius 3 is 2.68 bits per heavy atom. The number of alkyl halides is 1. The Bertz CT molecular complexity index is 1020. The molecule has 2 heterocycles. The molecule has 5 atom stereocenters. The molecule has 2 aromatic rings. The maximum atomic E-state index is 15.6. The maximum absolute atomic E-state index is 15.6. The van der Waals surface area contributed by atoms with Gasteiger partial charge in [0.1, 0.15) is 6.10 Å². The standard InChI is InChI=1S/C21H30FN6O5P/c1-6-17-18(22)20(33-34(31-12-8-11-23)27(13(2)3)14(4)5)21(32-17)26-15-9-7-10-16(28(29)30)19(15)24-25-26/h7,9-10,13-14,17-18,20-21H,6,8,12H2,1-5H3/t17-,18-,20-,21?,34?/m1/s1. The van der Waals surface area contributed by atoms with Crippen LogP contribution in [0.4, 0.5) is 10.1 Å². The number of non-ortho nitro benzene ring substituents is 1. The van der Waals surface area contributed by atoms with Gasteiger partial charge in [-0.1, -0.05) is 18.2 Å². The summed E-state index contributed by atoms with van der Waals surface area (Å²) in [7, 11) is -1.75. The van der Waals surface area contributed by atoms with Crippen LogP contribution in [0.15, 0.2) is 18.2 Å². The molecule has 0 bridgehead atoms. The van der Waals surface area contributed by atoms with Gasteiger partial charge in [0.2, 0.25) is 0 Å². The van der Waals surface area contributed by atoms with E-state index in [0.29, 0.717) is 11.9 Å². The van der Waals surface area contributed by atoms with Crippen molar-refractivity contribution in [1.29, 1.82) is 5.26 Å². The number of benzene rings is 1. The Morgan fingerprint density at radius 1 is 1.38 bits per heavy atom. The van der Waals surface area contributed by atoms with E-state index in [4.69, 9.17) is 19.0 Å². The summed E-state index contributed by atoms with van der Waals surface area (Å²) >= 11 is 0. The van der Waals surface area contributed by atoms with Crippen LogP contribution < -0.4 is 0 Å². The highest BCUT2D eigenvalue weighted by molar-refractivity contribution is 7.44. The number of nitriles is 1. The minimum Gasteiger partial charge on any atom is -0.347 e. The zero-order chi connectivity index (χ0) is 25.0. The van der Waals surface area contributed by atoms with Crippen LogP contribution in [0.5, 0.6) is 0 Å². The Hall–Kier alpha value is -2.29. The van der Waals surface area contributed by atoms with Gasteiger partial charge in [0.05, 0.1) is 35.6 Å². The molecule has 1 aliphatic heterocycles. The lowest BCUT2D eigenvalue weighted by atomic mass is 10.1. The molecule has 13 heteroatoms. The summed E-state index contributed by atoms with van der Waals surface area (Å²) in [5, 5.41) is 28.4. The predicted molar refractivity (Wildman–Crippen MR) is 123 cm³/mol. The first kappa shape index (κ1) is 26.3. The molecule has 186 valence electrons. The molecule has 1 aromatic carbocycles. The Kier molecular flexibility index (Phi) is 8.84. The molecule has 0 radical (unpaired) electrons. The van der Waals surface area contributed by atoms with E-state index in [1.54, 1.807) is 6.07 Å². The highest BCUT2D eigenvalue weighted by Gasteiger charge is 2.49. The average molecular weight is 496 g/mol. The number of nitrogens with zero attached hydrogens (tertiary/aromatic N) is 6. The van der Waals surface area contributed by atoms with Gasteiger partial charge in [0.15, 0.2) is 17.9 Å². The zero-order valence-electron chi connectivity index (χ0n) is 19.9. The first-order valence-electron chi connectivity index (χ1n) is 11.2. The number of rotatable bonds is 11. The van der Waals surface area contributed by atoms with Crippen LogP contribution in [0.2, 0.25) is 0 Å². The third-order valence-corrected chi connectivity index (χ3v) is 7.59. The molecule has 2 unspecified atom stereocenters. The molecule has 0 N–H and O–H groups in total. The second kappa shape index (κ2) is 11.4. The molecule has 0 saturated carbocycles. The number of nitro groups is 1. The van der Waals surface area contributed by atoms with Crippen LogP contribution in [-0.4, -0.2) is 61.7 Å². The van der Waals surface area contributed by atoms with Crippen molar-refractivity contribution in [1.82, 2.24) is 19.7 Å². The van der Waals surface area contributed by atoms with Gasteiger partial charge < -0.3 is 13.8 Å². The number of fused-ring (bicyclic) bond motifs is 1. The van der Waals surface area contributed by atoms with E-state index >= 15 is 4.39 Å². The maximum Gasteiger partial charge on any atom is 0.299 e. The van der Waals surface area contributed by atoms with Crippen LogP contribution >= 0.6 is 8.53 Å². The predicted octanol–water partition coefficient (Wildman–Crippen LogP) is 4.65. The number of aromatic nitrogens is 3. The van der Waals surface area contributed by atoms with Gasteiger partial charge in [-0.15, -0.1) is 5.10 Å². The van der Waals surface area contributed by atoms with Crippen molar-refractivity contribution >= 4 is 25.2 Å². The fraction of sp³-hybridized carbons (Fsp3) is 0.667. The Labute approximate surface area is 198 Å². The van der Waals surface area contributed by atoms with Crippen LogP contribution in [0.25, 0.3) is 11.0 Å². The molecule has 3 rings (SSSR count). The molecular formula is C21H30FN6O5P. The first-order valence-corrected chi connectivity index (χ1v) is 12.4. The highest BCUT2D eigenvalue weighted by atomic mass is 31.2. The number of ether oxygens (including phenoxy) is 1. The third kappa shape index (κ3) is 5.34. The van der Waals surface area contributed by atoms with Crippen LogP contribution in [0, 0.1) is 21.4 Å². The molecule has 1 fully saturated rings. The Balaban J connectivity index is 1.99. The number of nitro benzene ring substituents is 1. The van der Waals surface area contributed by atoms with E-state index in [0.717, 1.165) is 0 Å². The van der Waals surface area contributed by atoms with E-state index < -0.39 is 38.1 Å². The smallest absolute Gasteiger partial charge is 0.299 e. The van der Waals surface area contributed by atoms with Crippen LogP contribution in [0.1, 0.15) is 53.7 Å². The van der Waals surface area contributed by atoms with E-state index in [-0.39, 0.29) is 36.3 Å². The second-order valence-corrected chi connectivity index (χ2v) is 9.88. The summed E-state index contributed by atoms with van der Waals surface area (Å²) in [6.45, 7) is 9.90. The summed E-state index contributed by atoms with van der Waals surface area (Å²) < 4.78 is 37.1. The SMILES string of the molecule is CC[C@H]1OC(n2nnc3c([N+](=O)[O-])cccc32)[C@H](OP(OCCC#N)N(C(C)C)C(C)C)[C@@H]1F. The van der Waals surface area contributed by atoms with Crippen LogP contribution in [-0.2, 0) is 13.8 Å². The fourth-order valence-electron chi connectivity index (χ4n) is 4.01. The minimum atomic E-state index is -1.75. The van der Waals surface area contributed by atoms with Gasteiger partial charge in [0.25, 0.3) is 14.2 Å². The van der Waals surface area contributed by atoms with E-state index in [2.05, 4.69) is 10.3 Å². The number of halogens is 1. The van der Waals surface area contributed by atoms with Crippen molar-refractivity contribution in [2.75, 3.05) is 6.61 Å². The number of hydrogen-bond acceptors (Lipinski definition) is 9. The molecule has 1 aromatic heterocycles. The highest BCUT2D eigenvalue weighted by Crippen LogP contribution is 2.51. The van der Waals surface area contributed by atoms with Crippen molar-refractivity contribution in [2.45, 2.75) is 84.2 Å². The Morgan fingerprint density at radius 2 is 2.09 bits per heavy atom. The summed E-state index contributed by atoms with van der Waals surface area (Å²) in [5.41, 5.74) is 0.232. The molecule has 1 saturated heterocycles. The summed E-state index contributed by atoms with van der Waals surface area (Å²) in [6.07, 6.45) is -3.77. The van der Waals surface area contributed by atoms with Gasteiger partial charge in [-0.2, -0.15) is 5.26 Å². The van der Waals surface area contributed by atoms with E-state index in [9.17, 15) is 10.1 Å². The topological polar surface area (TPSA) is 129 Å². The van der Waals surface area contributed by atoms with Crippen LogP contribution in [0.3, 0.4) is 0 Å². The molecule has 0 amide bonds. The lowest BCUT2D eigenvalue weighted by molar-refractivity contribution is -0.383. The normalized spacial score (nSPS) is 23.8. The van der Waals surface area contributed by atoms with Crippen molar-refractivity contribution in [2.24, 2.45) is 0 Å². The zero-order valence-corrected chi connectivity index (χ0v) is 20.8. The van der Waals surface area contributed by atoms with Gasteiger partial charge in [-0.05, 0) is 40.2 Å². The van der Waals surface area contributed by atoms with Gasteiger partial charge in [-0.25, -0.2) is 13.7 Å². The quantitative estimate of drug-likeness (QED) is 0.189. The largest absolute Gasteiger partial charge is 0.347 e. The first-order chi connectivity index (χ1) is 16.2. The minimum absolute atomic E-state index is 0.0313. The van der Waals surface area contributed by atoms with Crippen molar-refractivity contribution in [3.8, 4) is 6.07 Å². The molecule has 1 aliphatic rings. The summed E-state index contributed by atoms with van der Waals surface area (Å²) in [6, 6.07) is 6.58. The van der Waals surface area contributed by atoms with E-state index in [1.165, 1.54) is 16.8 Å². The average Bonchev–Trinajstić information content (AvgIpc) is 3.34. The van der Waals surface area contributed by atoms with Crippen molar-refractivity contribution in [3.05, 3.63) is 28.3 Å². The van der Waals surface area contributed by atoms with E-state index in [1.807, 2.05) is 45.4 Å². The summed E-state index contributed by atoms with van der Waals surface area (Å²) in [5.74, 6) is 0. The summed E-state index contributed by atoms with van der Waals surface area (Å²) in [4.78, 5) is 10.9. The van der Waals surface area contributed by atoms with Crippen molar-refractivity contribution < 1.29 is 23.1 Å². The van der Waals surface area contributed by atoms with Gasteiger partial charge in [0, 0.05) is 18.2 Å². The molecular weight excluding hydrogens is 466 g/mol. The number of hydrogen-bond donors (Lipinski definition) is 0. The van der Waals surface area contributed by atoms with Gasteiger partial charge >= 0.3 is 0 Å². The second-order valence-electron chi connectivity index (χ2n) is 8.47. The molecule has 34 heavy (non-hydrogen) atoms. The molecule has 0 aliphatic carbocycles. The fourth-order valence-corrected chi connectivity index (χ4v) is 5.74. The molecule has 0 spiro atoms. The van der Waals surface area contributed by atoms with Gasteiger partial charge in [-0.3, -0.25) is 10.1 Å². The third-order valence-electron chi connectivity index (χ3n) is 5.46.